The maximum Gasteiger partial charge on any atom is 0.298 e. The molecule has 10 heteroatoms. The summed E-state index contributed by atoms with van der Waals surface area (Å²) in [6.45, 7) is 2.91. The van der Waals surface area contributed by atoms with Crippen LogP contribution in [0.3, 0.4) is 0 Å². The smallest absolute Gasteiger partial charge is 0.298 e. The molecule has 8 nitrogen and oxygen atoms in total. The number of halogens is 2. The number of hydrogen-bond donors (Lipinski definition) is 1. The molecule has 0 spiro atoms. The largest absolute Gasteiger partial charge is 0.324 e. The van der Waals surface area contributed by atoms with Gasteiger partial charge in [0.15, 0.2) is 11.5 Å². The van der Waals surface area contributed by atoms with Crippen LogP contribution in [0, 0.1) is 17.0 Å². The van der Waals surface area contributed by atoms with Gasteiger partial charge >= 0.3 is 0 Å². The summed E-state index contributed by atoms with van der Waals surface area (Å²) in [5.74, 6) is -1.28. The van der Waals surface area contributed by atoms with Gasteiger partial charge in [-0.05, 0) is 49.7 Å². The van der Waals surface area contributed by atoms with E-state index in [1.807, 2.05) is 0 Å². The van der Waals surface area contributed by atoms with E-state index in [0.29, 0.717) is 16.3 Å². The van der Waals surface area contributed by atoms with Crippen LogP contribution < -0.4 is 5.32 Å². The number of azo groups is 1. The first-order valence-corrected chi connectivity index (χ1v) is 8.37. The standard InChI is InChI=1S/C17H14Cl2N4O4/c1-9-7-11(18)3-5-13(9)20-17(25)16(10(2)24)22-21-14-6-4-12(19)8-15(14)23(26)27/h3-8,16H,1-2H3,(H,20,25)/t16-/m1/s1. The highest BCUT2D eigenvalue weighted by molar-refractivity contribution is 6.31. The predicted octanol–water partition coefficient (Wildman–Crippen LogP) is 4.89. The van der Waals surface area contributed by atoms with Crippen molar-refractivity contribution in [3.8, 4) is 0 Å². The van der Waals surface area contributed by atoms with Crippen molar-refractivity contribution in [2.75, 3.05) is 5.32 Å². The molecule has 0 bridgehead atoms. The van der Waals surface area contributed by atoms with Crippen LogP contribution in [0.4, 0.5) is 17.1 Å². The van der Waals surface area contributed by atoms with Gasteiger partial charge in [0, 0.05) is 21.8 Å². The summed E-state index contributed by atoms with van der Waals surface area (Å²) in [6, 6.07) is 7.15. The summed E-state index contributed by atoms with van der Waals surface area (Å²) in [5.41, 5.74) is 0.653. The molecule has 27 heavy (non-hydrogen) atoms. The minimum absolute atomic E-state index is 0.119. The lowest BCUT2D eigenvalue weighted by Crippen LogP contribution is -2.32. The number of nitro benzene ring substituents is 1. The van der Waals surface area contributed by atoms with E-state index in [1.165, 1.54) is 19.1 Å². The zero-order chi connectivity index (χ0) is 20.1. The van der Waals surface area contributed by atoms with E-state index in [-0.39, 0.29) is 16.4 Å². The number of hydrogen-bond acceptors (Lipinski definition) is 6. The van der Waals surface area contributed by atoms with Crippen molar-refractivity contribution in [1.29, 1.82) is 0 Å². The molecule has 1 atom stereocenters. The van der Waals surface area contributed by atoms with E-state index in [0.717, 1.165) is 6.07 Å². The number of nitro groups is 1. The quantitative estimate of drug-likeness (QED) is 0.317. The Balaban J connectivity index is 2.27. The van der Waals surface area contributed by atoms with Crippen molar-refractivity contribution in [2.45, 2.75) is 19.9 Å². The maximum absolute atomic E-state index is 12.4. The Bertz CT molecular complexity index is 947. The van der Waals surface area contributed by atoms with Crippen molar-refractivity contribution in [1.82, 2.24) is 0 Å². The zero-order valence-corrected chi connectivity index (χ0v) is 15.8. The molecule has 0 radical (unpaired) electrons. The van der Waals surface area contributed by atoms with Crippen molar-refractivity contribution in [2.24, 2.45) is 10.2 Å². The Kier molecular flexibility index (Phi) is 6.59. The normalized spacial score (nSPS) is 12.0. The molecule has 0 saturated carbocycles. The summed E-state index contributed by atoms with van der Waals surface area (Å²) in [5, 5.41) is 21.7. The number of Topliss-reactive ketones (excluding diaryl/α,β-unsaturated/α-hetero) is 1. The molecule has 2 aromatic rings. The van der Waals surface area contributed by atoms with Gasteiger partial charge in [0.05, 0.1) is 4.92 Å². The molecule has 0 aromatic heterocycles. The third-order valence-electron chi connectivity index (χ3n) is 3.49. The topological polar surface area (TPSA) is 114 Å². The summed E-state index contributed by atoms with van der Waals surface area (Å²) in [6.07, 6.45) is 0. The number of amides is 1. The van der Waals surface area contributed by atoms with Crippen LogP contribution in [0.25, 0.3) is 0 Å². The van der Waals surface area contributed by atoms with Gasteiger partial charge in [-0.25, -0.2) is 0 Å². The lowest BCUT2D eigenvalue weighted by atomic mass is 10.1. The van der Waals surface area contributed by atoms with Gasteiger partial charge in [0.2, 0.25) is 6.04 Å². The van der Waals surface area contributed by atoms with Crippen molar-refractivity contribution in [3.63, 3.8) is 0 Å². The number of aryl methyl sites for hydroxylation is 1. The van der Waals surface area contributed by atoms with Gasteiger partial charge in [-0.15, -0.1) is 5.11 Å². The maximum atomic E-state index is 12.4. The fourth-order valence-corrected chi connectivity index (χ4v) is 2.53. The van der Waals surface area contributed by atoms with Gasteiger partial charge in [-0.2, -0.15) is 5.11 Å². The fourth-order valence-electron chi connectivity index (χ4n) is 2.13. The lowest BCUT2D eigenvalue weighted by Gasteiger charge is -2.11. The second-order valence-corrected chi connectivity index (χ2v) is 6.44. The highest BCUT2D eigenvalue weighted by Crippen LogP contribution is 2.30. The van der Waals surface area contributed by atoms with E-state index in [2.05, 4.69) is 15.5 Å². The van der Waals surface area contributed by atoms with Crippen molar-refractivity contribution < 1.29 is 14.5 Å². The first-order chi connectivity index (χ1) is 12.7. The highest BCUT2D eigenvalue weighted by atomic mass is 35.5. The number of carbonyl (C=O) groups is 2. The number of benzene rings is 2. The molecule has 0 fully saturated rings. The van der Waals surface area contributed by atoms with E-state index < -0.39 is 22.7 Å². The van der Waals surface area contributed by atoms with Gasteiger partial charge < -0.3 is 5.32 Å². The molecule has 0 saturated heterocycles. The summed E-state index contributed by atoms with van der Waals surface area (Å²) in [7, 11) is 0. The average Bonchev–Trinajstić information content (AvgIpc) is 2.58. The van der Waals surface area contributed by atoms with Crippen LogP contribution >= 0.6 is 23.2 Å². The number of nitrogens with zero attached hydrogens (tertiary/aromatic N) is 3. The molecule has 0 aliphatic heterocycles. The Morgan fingerprint density at radius 2 is 1.78 bits per heavy atom. The Morgan fingerprint density at radius 1 is 1.15 bits per heavy atom. The summed E-state index contributed by atoms with van der Waals surface area (Å²) >= 11 is 11.6. The first kappa shape index (κ1) is 20.5. The monoisotopic (exact) mass is 408 g/mol. The van der Waals surface area contributed by atoms with Crippen LogP contribution in [0.2, 0.25) is 10.0 Å². The second kappa shape index (κ2) is 8.70. The average molecular weight is 409 g/mol. The van der Waals surface area contributed by atoms with Gasteiger partial charge in [-0.1, -0.05) is 23.2 Å². The molecule has 1 amide bonds. The summed E-state index contributed by atoms with van der Waals surface area (Å²) in [4.78, 5) is 34.6. The van der Waals surface area contributed by atoms with E-state index >= 15 is 0 Å². The molecule has 0 aliphatic carbocycles. The minimum Gasteiger partial charge on any atom is -0.324 e. The second-order valence-electron chi connectivity index (χ2n) is 5.57. The number of nitrogens with one attached hydrogen (secondary N) is 1. The Labute approximate surface area is 164 Å². The molecule has 0 aliphatic rings. The number of anilines is 1. The van der Waals surface area contributed by atoms with Crippen LogP contribution in [0.1, 0.15) is 12.5 Å². The van der Waals surface area contributed by atoms with Gasteiger partial charge in [0.25, 0.3) is 11.6 Å². The van der Waals surface area contributed by atoms with E-state index in [4.69, 9.17) is 23.2 Å². The first-order valence-electron chi connectivity index (χ1n) is 7.61. The SMILES string of the molecule is CC(=O)[C@@H](N=Nc1ccc(Cl)cc1[N+](=O)[O-])C(=O)Nc1ccc(Cl)cc1C. The minimum atomic E-state index is -1.46. The van der Waals surface area contributed by atoms with Crippen LogP contribution in [0.5, 0.6) is 0 Å². The van der Waals surface area contributed by atoms with Gasteiger partial charge in [0.1, 0.15) is 0 Å². The molecule has 1 N–H and O–H groups in total. The number of ketones is 1. The molecular weight excluding hydrogens is 395 g/mol. The molecule has 140 valence electrons. The number of rotatable bonds is 6. The molecule has 2 aromatic carbocycles. The highest BCUT2D eigenvalue weighted by Gasteiger charge is 2.24. The molecule has 0 unspecified atom stereocenters. The zero-order valence-electron chi connectivity index (χ0n) is 14.3. The molecule has 2 rings (SSSR count). The summed E-state index contributed by atoms with van der Waals surface area (Å²) < 4.78 is 0. The third kappa shape index (κ3) is 5.32. The van der Waals surface area contributed by atoms with Crippen LogP contribution in [-0.4, -0.2) is 22.7 Å². The van der Waals surface area contributed by atoms with E-state index in [9.17, 15) is 19.7 Å². The fraction of sp³-hybridized carbons (Fsp3) is 0.176. The number of carbonyl (C=O) groups excluding carboxylic acids is 2. The van der Waals surface area contributed by atoms with Crippen LogP contribution in [0.15, 0.2) is 46.6 Å². The Hall–Kier alpha value is -2.84. The third-order valence-corrected chi connectivity index (χ3v) is 3.97. The van der Waals surface area contributed by atoms with Crippen molar-refractivity contribution in [3.05, 3.63) is 62.1 Å². The molecule has 0 heterocycles. The Morgan fingerprint density at radius 3 is 2.37 bits per heavy atom. The van der Waals surface area contributed by atoms with Crippen LogP contribution in [-0.2, 0) is 9.59 Å². The van der Waals surface area contributed by atoms with Crippen molar-refractivity contribution >= 4 is 52.0 Å². The molecular formula is C17H14Cl2N4O4. The predicted molar refractivity (Wildman–Crippen MR) is 102 cm³/mol. The lowest BCUT2D eigenvalue weighted by molar-refractivity contribution is -0.384. The van der Waals surface area contributed by atoms with E-state index in [1.54, 1.807) is 25.1 Å². The van der Waals surface area contributed by atoms with Gasteiger partial charge in [-0.3, -0.25) is 19.7 Å².